The normalized spacial score (nSPS) is 35.4. The molecule has 0 aromatic carbocycles. The van der Waals surface area contributed by atoms with Gasteiger partial charge in [0, 0.05) is 12.6 Å². The molecular formula is C11H21ClNOP. The molecule has 2 nitrogen and oxygen atoms in total. The minimum absolute atomic E-state index is 0.00997. The third-order valence-electron chi connectivity index (χ3n) is 3.99. The molecule has 0 aromatic heterocycles. The second-order valence-corrected chi connectivity index (χ2v) is 7.32. The van der Waals surface area contributed by atoms with Gasteiger partial charge >= 0.3 is 0 Å². The van der Waals surface area contributed by atoms with Crippen molar-refractivity contribution >= 4 is 18.9 Å². The molecule has 2 aliphatic heterocycles. The molecule has 0 radical (unpaired) electrons. The first kappa shape index (κ1) is 12.1. The predicted octanol–water partition coefficient (Wildman–Crippen LogP) is 4.00. The highest BCUT2D eigenvalue weighted by atomic mass is 35.7. The fourth-order valence-electron chi connectivity index (χ4n) is 3.29. The number of halogens is 1. The van der Waals surface area contributed by atoms with Crippen LogP contribution in [-0.2, 0) is 4.52 Å². The maximum Gasteiger partial charge on any atom is 0.207 e. The predicted molar refractivity (Wildman–Crippen MR) is 66.0 cm³/mol. The summed E-state index contributed by atoms with van der Waals surface area (Å²) < 4.78 is 8.59. The van der Waals surface area contributed by atoms with Crippen molar-refractivity contribution < 1.29 is 4.52 Å². The summed E-state index contributed by atoms with van der Waals surface area (Å²) >= 11 is 6.35. The van der Waals surface area contributed by atoms with Gasteiger partial charge in [-0.05, 0) is 35.9 Å². The van der Waals surface area contributed by atoms with Gasteiger partial charge in [-0.25, -0.2) is 4.67 Å². The van der Waals surface area contributed by atoms with Gasteiger partial charge in [0.1, 0.15) is 0 Å². The van der Waals surface area contributed by atoms with Gasteiger partial charge in [0.2, 0.25) is 7.65 Å². The number of fused-ring (bicyclic) bond motifs is 1. The summed E-state index contributed by atoms with van der Waals surface area (Å²) in [5.74, 6) is 1.07. The lowest BCUT2D eigenvalue weighted by atomic mass is 9.74. The largest absolute Gasteiger partial charge is 0.323 e. The zero-order valence-corrected chi connectivity index (χ0v) is 11.7. The summed E-state index contributed by atoms with van der Waals surface area (Å²) in [5, 5.41) is 0. The van der Waals surface area contributed by atoms with E-state index in [0.29, 0.717) is 17.9 Å². The maximum atomic E-state index is 6.35. The lowest BCUT2D eigenvalue weighted by molar-refractivity contribution is -0.0221. The number of nitrogens with zero attached hydrogens (tertiary/aromatic N) is 1. The molecule has 4 heteroatoms. The van der Waals surface area contributed by atoms with Crippen LogP contribution in [-0.4, -0.2) is 22.9 Å². The molecule has 2 fully saturated rings. The van der Waals surface area contributed by atoms with E-state index in [1.165, 1.54) is 12.8 Å². The molecule has 2 saturated heterocycles. The Balaban J connectivity index is 2.33. The fraction of sp³-hybridized carbons (Fsp3) is 1.00. The van der Waals surface area contributed by atoms with Crippen molar-refractivity contribution in [1.29, 1.82) is 0 Å². The van der Waals surface area contributed by atoms with Gasteiger partial charge in [-0.15, -0.1) is 0 Å². The highest BCUT2D eigenvalue weighted by molar-refractivity contribution is 7.78. The first-order valence-electron chi connectivity index (χ1n) is 5.91. The average molecular weight is 250 g/mol. The van der Waals surface area contributed by atoms with E-state index >= 15 is 0 Å². The van der Waals surface area contributed by atoms with E-state index in [1.54, 1.807) is 0 Å². The van der Waals surface area contributed by atoms with Gasteiger partial charge in [-0.2, -0.15) is 0 Å². The van der Waals surface area contributed by atoms with E-state index in [9.17, 15) is 0 Å². The van der Waals surface area contributed by atoms with Gasteiger partial charge in [0.15, 0.2) is 0 Å². The molecule has 0 aromatic rings. The van der Waals surface area contributed by atoms with Crippen molar-refractivity contribution in [2.45, 2.75) is 52.2 Å². The van der Waals surface area contributed by atoms with Crippen LogP contribution in [0.4, 0.5) is 0 Å². The van der Waals surface area contributed by atoms with Crippen LogP contribution in [0.2, 0.25) is 0 Å². The summed E-state index contributed by atoms with van der Waals surface area (Å²) in [5.41, 5.74) is -0.00997. The Morgan fingerprint density at radius 1 is 1.33 bits per heavy atom. The Bertz CT molecular complexity index is 239. The van der Waals surface area contributed by atoms with Crippen molar-refractivity contribution in [2.75, 3.05) is 6.54 Å². The molecule has 0 amide bonds. The summed E-state index contributed by atoms with van der Waals surface area (Å²) in [6.07, 6.45) is 2.53. The molecule has 0 N–H and O–H groups in total. The molecule has 1 unspecified atom stereocenters. The monoisotopic (exact) mass is 249 g/mol. The highest BCUT2D eigenvalue weighted by Gasteiger charge is 2.58. The second-order valence-electron chi connectivity index (χ2n) is 5.30. The lowest BCUT2D eigenvalue weighted by Crippen LogP contribution is -2.50. The smallest absolute Gasteiger partial charge is 0.207 e. The van der Waals surface area contributed by atoms with Crippen molar-refractivity contribution in [3.8, 4) is 0 Å². The Labute approximate surface area is 99.0 Å². The third-order valence-corrected chi connectivity index (χ3v) is 6.12. The topological polar surface area (TPSA) is 12.5 Å². The Hall–Kier alpha value is 0.640. The summed E-state index contributed by atoms with van der Waals surface area (Å²) in [6.45, 7) is 10.2. The highest BCUT2D eigenvalue weighted by Crippen LogP contribution is 2.65. The summed E-state index contributed by atoms with van der Waals surface area (Å²) in [4.78, 5) is 0. The SMILES string of the molecule is CC(C)C1(C(C)C)OP(Cl)N2CCC[C@H]21. The van der Waals surface area contributed by atoms with E-state index < -0.39 is 7.65 Å². The lowest BCUT2D eigenvalue weighted by Gasteiger charge is -2.40. The molecule has 15 heavy (non-hydrogen) atoms. The van der Waals surface area contributed by atoms with Gasteiger partial charge in [-0.1, -0.05) is 27.7 Å². The number of hydrogen-bond donors (Lipinski definition) is 0. The van der Waals surface area contributed by atoms with Crippen molar-refractivity contribution in [2.24, 2.45) is 11.8 Å². The van der Waals surface area contributed by atoms with Gasteiger partial charge in [0.05, 0.1) is 5.60 Å². The van der Waals surface area contributed by atoms with Crippen LogP contribution in [0.15, 0.2) is 0 Å². The van der Waals surface area contributed by atoms with Crippen LogP contribution >= 0.6 is 18.9 Å². The fourth-order valence-corrected chi connectivity index (χ4v) is 5.91. The van der Waals surface area contributed by atoms with Crippen LogP contribution < -0.4 is 0 Å². The van der Waals surface area contributed by atoms with E-state index in [-0.39, 0.29) is 5.60 Å². The molecular weight excluding hydrogens is 229 g/mol. The van der Waals surface area contributed by atoms with Gasteiger partial charge in [0.25, 0.3) is 0 Å². The van der Waals surface area contributed by atoms with Gasteiger partial charge < -0.3 is 4.52 Å². The molecule has 2 atom stereocenters. The van der Waals surface area contributed by atoms with E-state index in [1.807, 2.05) is 0 Å². The van der Waals surface area contributed by atoms with Crippen LogP contribution in [0.1, 0.15) is 40.5 Å². The summed E-state index contributed by atoms with van der Waals surface area (Å²) in [7, 11) is -0.853. The summed E-state index contributed by atoms with van der Waals surface area (Å²) in [6, 6.07) is 0.557. The quantitative estimate of drug-likeness (QED) is 0.686. The van der Waals surface area contributed by atoms with E-state index in [0.717, 1.165) is 6.54 Å². The standard InChI is InChI=1S/C11H21ClNOP/c1-8(2)11(9(3)4)10-6-5-7-13(10)15(12)14-11/h8-10H,5-7H2,1-4H3/t10-,15?/m0/s1. The third kappa shape index (κ3) is 1.65. The van der Waals surface area contributed by atoms with Crippen molar-refractivity contribution in [3.05, 3.63) is 0 Å². The second kappa shape index (κ2) is 4.14. The molecule has 0 bridgehead atoms. The van der Waals surface area contributed by atoms with Crippen molar-refractivity contribution in [3.63, 3.8) is 0 Å². The van der Waals surface area contributed by atoms with Crippen LogP contribution in [0.5, 0.6) is 0 Å². The van der Waals surface area contributed by atoms with Gasteiger partial charge in [-0.3, -0.25) is 0 Å². The Morgan fingerprint density at radius 2 is 1.93 bits per heavy atom. The first-order valence-corrected chi connectivity index (χ1v) is 8.03. The maximum absolute atomic E-state index is 6.35. The minimum atomic E-state index is -0.853. The van der Waals surface area contributed by atoms with E-state index in [4.69, 9.17) is 15.8 Å². The van der Waals surface area contributed by atoms with Crippen LogP contribution in [0.25, 0.3) is 0 Å². The molecule has 0 saturated carbocycles. The number of hydrogen-bond acceptors (Lipinski definition) is 2. The molecule has 2 heterocycles. The molecule has 2 aliphatic rings. The first-order chi connectivity index (χ1) is 7.00. The van der Waals surface area contributed by atoms with Crippen LogP contribution in [0, 0.1) is 11.8 Å². The average Bonchev–Trinajstić information content (AvgIpc) is 2.68. The Kier molecular flexibility index (Phi) is 3.34. The molecule has 0 aliphatic carbocycles. The minimum Gasteiger partial charge on any atom is -0.323 e. The zero-order chi connectivity index (χ0) is 11.2. The zero-order valence-electron chi connectivity index (χ0n) is 10.0. The molecule has 2 rings (SSSR count). The van der Waals surface area contributed by atoms with Crippen molar-refractivity contribution in [1.82, 2.24) is 4.67 Å². The molecule has 88 valence electrons. The number of rotatable bonds is 2. The molecule has 0 spiro atoms. The van der Waals surface area contributed by atoms with E-state index in [2.05, 4.69) is 32.4 Å². The Morgan fingerprint density at radius 3 is 2.47 bits per heavy atom. The van der Waals surface area contributed by atoms with Crippen LogP contribution in [0.3, 0.4) is 0 Å².